The number of rotatable bonds is 7. The second-order valence-corrected chi connectivity index (χ2v) is 9.29. The third-order valence-electron chi connectivity index (χ3n) is 4.75. The molecule has 0 aromatic carbocycles. The highest BCUT2D eigenvalue weighted by Gasteiger charge is 2.68. The van der Waals surface area contributed by atoms with Gasteiger partial charge in [0.1, 0.15) is 5.41 Å². The summed E-state index contributed by atoms with van der Waals surface area (Å²) < 4.78 is 68.9. The van der Waals surface area contributed by atoms with Crippen molar-refractivity contribution in [3.05, 3.63) is 12.7 Å². The lowest BCUT2D eigenvalue weighted by Gasteiger charge is -2.48. The third-order valence-corrected chi connectivity index (χ3v) is 4.75. The molecule has 23 heavy (non-hydrogen) atoms. The minimum atomic E-state index is -4.97. The van der Waals surface area contributed by atoms with Gasteiger partial charge in [-0.1, -0.05) is 47.6 Å². The number of halogens is 5. The van der Waals surface area contributed by atoms with Crippen LogP contribution in [0.4, 0.5) is 22.0 Å². The molecule has 0 atom stereocenters. The van der Waals surface area contributed by atoms with Crippen molar-refractivity contribution in [3.63, 3.8) is 0 Å². The summed E-state index contributed by atoms with van der Waals surface area (Å²) >= 11 is 0. The fourth-order valence-electron chi connectivity index (χ4n) is 3.70. The molecule has 0 nitrogen and oxygen atoms in total. The Morgan fingerprint density at radius 1 is 0.739 bits per heavy atom. The first-order valence-electron chi connectivity index (χ1n) is 7.81. The molecule has 5 heteroatoms. The molecule has 0 heterocycles. The van der Waals surface area contributed by atoms with E-state index >= 15 is 0 Å². The van der Waals surface area contributed by atoms with Crippen LogP contribution in [0.2, 0.25) is 0 Å². The lowest BCUT2D eigenvalue weighted by atomic mass is 9.61. The van der Waals surface area contributed by atoms with E-state index in [-0.39, 0.29) is 11.8 Å². The summed E-state index contributed by atoms with van der Waals surface area (Å²) in [5.41, 5.74) is -5.71. The summed E-state index contributed by atoms with van der Waals surface area (Å²) in [6.45, 7) is 14.9. The molecule has 0 saturated carbocycles. The van der Waals surface area contributed by atoms with Crippen LogP contribution < -0.4 is 0 Å². The number of allylic oxidation sites excluding steroid dienone is 1. The molecule has 0 spiro atoms. The van der Waals surface area contributed by atoms with E-state index in [1.165, 1.54) is 13.8 Å². The van der Waals surface area contributed by atoms with Crippen LogP contribution in [0.5, 0.6) is 0 Å². The van der Waals surface area contributed by atoms with E-state index in [2.05, 4.69) is 6.58 Å². The van der Waals surface area contributed by atoms with Gasteiger partial charge in [0, 0.05) is 5.41 Å². The average Bonchev–Trinajstić information content (AvgIpc) is 2.23. The Bertz CT molecular complexity index is 425. The van der Waals surface area contributed by atoms with Crippen molar-refractivity contribution in [1.29, 1.82) is 0 Å². The molecule has 0 aliphatic rings. The maximum absolute atomic E-state index is 14.8. The molecule has 0 saturated heterocycles. The summed E-state index contributed by atoms with van der Waals surface area (Å²) in [7, 11) is 0. The molecule has 0 aromatic rings. The summed E-state index contributed by atoms with van der Waals surface area (Å²) in [6, 6.07) is 0. The zero-order valence-electron chi connectivity index (χ0n) is 15.6. The maximum atomic E-state index is 14.8. The lowest BCUT2D eigenvalue weighted by Crippen LogP contribution is -2.56. The third kappa shape index (κ3) is 4.69. The SMILES string of the molecule is C=CC(C)(C)CC(C)(C)CC(C)(C)C(F)(F)C(C)(C)C(F)(F)F. The minimum absolute atomic E-state index is 0.0240. The second-order valence-electron chi connectivity index (χ2n) is 9.29. The number of hydrogen-bond acceptors (Lipinski definition) is 0. The summed E-state index contributed by atoms with van der Waals surface area (Å²) in [5.74, 6) is -3.89. The van der Waals surface area contributed by atoms with Gasteiger partial charge in [-0.15, -0.1) is 6.58 Å². The van der Waals surface area contributed by atoms with Crippen molar-refractivity contribution < 1.29 is 22.0 Å². The van der Waals surface area contributed by atoms with Crippen molar-refractivity contribution in [2.75, 3.05) is 0 Å². The van der Waals surface area contributed by atoms with Gasteiger partial charge in [0.2, 0.25) is 0 Å². The Morgan fingerprint density at radius 2 is 1.13 bits per heavy atom. The molecule has 138 valence electrons. The molecule has 0 fully saturated rings. The van der Waals surface area contributed by atoms with Crippen LogP contribution in [0.1, 0.15) is 68.2 Å². The number of alkyl halides is 5. The van der Waals surface area contributed by atoms with E-state index < -0.39 is 28.3 Å². The molecule has 0 unspecified atom stereocenters. The summed E-state index contributed by atoms with van der Waals surface area (Å²) in [5, 5.41) is 0. The van der Waals surface area contributed by atoms with Crippen LogP contribution in [0.3, 0.4) is 0 Å². The van der Waals surface area contributed by atoms with Gasteiger partial charge in [-0.3, -0.25) is 0 Å². The molecule has 0 bridgehead atoms. The van der Waals surface area contributed by atoms with Crippen molar-refractivity contribution in [2.24, 2.45) is 21.7 Å². The molecule has 0 amide bonds. The van der Waals surface area contributed by atoms with Crippen LogP contribution in [-0.4, -0.2) is 12.1 Å². The second kappa shape index (κ2) is 6.03. The van der Waals surface area contributed by atoms with Gasteiger partial charge in [0.05, 0.1) is 0 Å². The van der Waals surface area contributed by atoms with Crippen molar-refractivity contribution in [2.45, 2.75) is 80.3 Å². The predicted octanol–water partition coefficient (Wildman–Crippen LogP) is 7.26. The van der Waals surface area contributed by atoms with Crippen molar-refractivity contribution >= 4 is 0 Å². The van der Waals surface area contributed by atoms with Crippen LogP contribution in [-0.2, 0) is 0 Å². The predicted molar refractivity (Wildman–Crippen MR) is 85.6 cm³/mol. The van der Waals surface area contributed by atoms with Gasteiger partial charge in [-0.25, -0.2) is 8.78 Å². The van der Waals surface area contributed by atoms with Gasteiger partial charge in [-0.2, -0.15) is 13.2 Å². The van der Waals surface area contributed by atoms with E-state index in [9.17, 15) is 22.0 Å². The Morgan fingerprint density at radius 3 is 1.43 bits per heavy atom. The lowest BCUT2D eigenvalue weighted by molar-refractivity contribution is -0.316. The monoisotopic (exact) mass is 342 g/mol. The highest BCUT2D eigenvalue weighted by atomic mass is 19.4. The first-order valence-corrected chi connectivity index (χ1v) is 7.81. The highest BCUT2D eigenvalue weighted by molar-refractivity contribution is 5.02. The van der Waals surface area contributed by atoms with Crippen LogP contribution >= 0.6 is 0 Å². The summed E-state index contributed by atoms with van der Waals surface area (Å²) in [6.07, 6.45) is -2.68. The van der Waals surface area contributed by atoms with Crippen LogP contribution in [0.15, 0.2) is 12.7 Å². The van der Waals surface area contributed by atoms with E-state index in [4.69, 9.17) is 0 Å². The zero-order chi connectivity index (χ0) is 19.1. The van der Waals surface area contributed by atoms with Crippen molar-refractivity contribution in [3.8, 4) is 0 Å². The van der Waals surface area contributed by atoms with E-state index in [1.54, 1.807) is 6.08 Å². The zero-order valence-corrected chi connectivity index (χ0v) is 15.6. The van der Waals surface area contributed by atoms with E-state index in [0.717, 1.165) is 0 Å². The molecule has 0 N–H and O–H groups in total. The molecule has 0 rings (SSSR count). The Kier molecular flexibility index (Phi) is 5.87. The topological polar surface area (TPSA) is 0 Å². The first-order chi connectivity index (χ1) is 9.72. The molecular formula is C18H31F5. The van der Waals surface area contributed by atoms with Gasteiger partial charge < -0.3 is 0 Å². The number of hydrogen-bond donors (Lipinski definition) is 0. The smallest absolute Gasteiger partial charge is 0.205 e. The summed E-state index contributed by atoms with van der Waals surface area (Å²) in [4.78, 5) is 0. The van der Waals surface area contributed by atoms with Gasteiger partial charge in [0.25, 0.3) is 5.92 Å². The van der Waals surface area contributed by atoms with Crippen LogP contribution in [0, 0.1) is 21.7 Å². The molecule has 0 aliphatic carbocycles. The quantitative estimate of drug-likeness (QED) is 0.337. The van der Waals surface area contributed by atoms with Gasteiger partial charge in [0.15, 0.2) is 0 Å². The minimum Gasteiger partial charge on any atom is -0.205 e. The molecule has 0 radical (unpaired) electrons. The molecular weight excluding hydrogens is 311 g/mol. The Balaban J connectivity index is 5.60. The molecule has 0 aromatic heterocycles. The highest BCUT2D eigenvalue weighted by Crippen LogP contribution is 2.59. The normalized spacial score (nSPS) is 15.7. The Hall–Kier alpha value is -0.610. The van der Waals surface area contributed by atoms with Crippen molar-refractivity contribution in [1.82, 2.24) is 0 Å². The van der Waals surface area contributed by atoms with E-state index in [1.807, 2.05) is 27.7 Å². The van der Waals surface area contributed by atoms with Crippen LogP contribution in [0.25, 0.3) is 0 Å². The fourth-order valence-corrected chi connectivity index (χ4v) is 3.70. The fraction of sp³-hybridized carbons (Fsp3) is 0.889. The standard InChI is InChI=1S/C18H31F5/c1-10-13(2,3)11-14(4,5)12-15(6,7)17(19,20)16(8,9)18(21,22)23/h10H,1,11-12H2,2-9H3. The van der Waals surface area contributed by atoms with Gasteiger partial charge in [-0.05, 0) is 37.5 Å². The largest absolute Gasteiger partial charge is 0.399 e. The Labute approximate surface area is 137 Å². The van der Waals surface area contributed by atoms with Gasteiger partial charge >= 0.3 is 6.18 Å². The molecule has 0 aliphatic heterocycles. The average molecular weight is 342 g/mol. The maximum Gasteiger partial charge on any atom is 0.399 e. The van der Waals surface area contributed by atoms with E-state index in [0.29, 0.717) is 20.3 Å². The first kappa shape index (κ1) is 22.4.